The van der Waals surface area contributed by atoms with Gasteiger partial charge in [-0.1, -0.05) is 35.5 Å². The van der Waals surface area contributed by atoms with Gasteiger partial charge >= 0.3 is 0 Å². The van der Waals surface area contributed by atoms with Crippen molar-refractivity contribution in [1.82, 2.24) is 10.4 Å². The molecular weight excluding hydrogens is 426 g/mol. The van der Waals surface area contributed by atoms with Crippen molar-refractivity contribution in [2.45, 2.75) is 13.8 Å². The van der Waals surface area contributed by atoms with Crippen LogP contribution in [0.4, 0.5) is 5.69 Å². The molecule has 5 nitrogen and oxygen atoms in total. The second kappa shape index (κ2) is 9.43. The monoisotopic (exact) mass is 445 g/mol. The van der Waals surface area contributed by atoms with E-state index in [0.717, 1.165) is 41.1 Å². The van der Waals surface area contributed by atoms with Crippen molar-refractivity contribution in [1.29, 1.82) is 0 Å². The third-order valence-electron chi connectivity index (χ3n) is 4.43. The van der Waals surface area contributed by atoms with E-state index in [2.05, 4.69) is 24.2 Å². The number of nitrogens with zero attached hydrogens (tertiary/aromatic N) is 2. The Morgan fingerprint density at radius 1 is 1.14 bits per heavy atom. The fourth-order valence-electron chi connectivity index (χ4n) is 2.85. The SMILES string of the molecule is CCN(CC)c1ccc(C=C2SC(=S)N(NC(=O)c3ccc(Cl)cc3)C2=O)cc1. The number of benzene rings is 2. The average molecular weight is 446 g/mol. The van der Waals surface area contributed by atoms with Gasteiger partial charge in [-0.05, 0) is 74.1 Å². The first-order valence-electron chi connectivity index (χ1n) is 9.12. The third-order valence-corrected chi connectivity index (χ3v) is 5.99. The van der Waals surface area contributed by atoms with Gasteiger partial charge in [0.2, 0.25) is 0 Å². The zero-order valence-electron chi connectivity index (χ0n) is 16.0. The fraction of sp³-hybridized carbons (Fsp3) is 0.190. The smallest absolute Gasteiger partial charge is 0.285 e. The summed E-state index contributed by atoms with van der Waals surface area (Å²) in [5.41, 5.74) is 4.98. The lowest BCUT2D eigenvalue weighted by Gasteiger charge is -2.20. The van der Waals surface area contributed by atoms with Crippen LogP contribution in [0.15, 0.2) is 53.4 Å². The van der Waals surface area contributed by atoms with E-state index in [9.17, 15) is 9.59 Å². The number of amides is 2. The molecule has 2 aromatic carbocycles. The normalized spacial score (nSPS) is 15.1. The topological polar surface area (TPSA) is 52.6 Å². The molecule has 0 radical (unpaired) electrons. The van der Waals surface area contributed by atoms with E-state index in [4.69, 9.17) is 23.8 Å². The van der Waals surface area contributed by atoms with Gasteiger partial charge in [0.15, 0.2) is 4.32 Å². The van der Waals surface area contributed by atoms with E-state index in [1.165, 1.54) is 0 Å². The lowest BCUT2D eigenvalue weighted by atomic mass is 10.1. The van der Waals surface area contributed by atoms with Crippen LogP contribution in [-0.4, -0.2) is 34.2 Å². The van der Waals surface area contributed by atoms with Gasteiger partial charge in [-0.3, -0.25) is 15.0 Å². The lowest BCUT2D eigenvalue weighted by molar-refractivity contribution is -0.123. The molecule has 1 aliphatic rings. The number of rotatable bonds is 6. The van der Waals surface area contributed by atoms with E-state index >= 15 is 0 Å². The van der Waals surface area contributed by atoms with Crippen molar-refractivity contribution in [2.24, 2.45) is 0 Å². The van der Waals surface area contributed by atoms with Gasteiger partial charge in [-0.25, -0.2) is 0 Å². The summed E-state index contributed by atoms with van der Waals surface area (Å²) in [6.45, 7) is 6.09. The Morgan fingerprint density at radius 2 is 1.76 bits per heavy atom. The van der Waals surface area contributed by atoms with Crippen LogP contribution in [0.3, 0.4) is 0 Å². The molecule has 29 heavy (non-hydrogen) atoms. The van der Waals surface area contributed by atoms with E-state index in [0.29, 0.717) is 15.5 Å². The Hall–Kier alpha value is -2.35. The number of nitrogens with one attached hydrogen (secondary N) is 1. The molecular formula is C21H20ClN3O2S2. The van der Waals surface area contributed by atoms with Crippen molar-refractivity contribution in [3.05, 3.63) is 69.6 Å². The molecule has 1 heterocycles. The zero-order chi connectivity index (χ0) is 21.0. The minimum Gasteiger partial charge on any atom is -0.372 e. The molecule has 0 aliphatic carbocycles. The van der Waals surface area contributed by atoms with Crippen LogP contribution in [0, 0.1) is 0 Å². The number of anilines is 1. The maximum Gasteiger partial charge on any atom is 0.285 e. The number of halogens is 1. The van der Waals surface area contributed by atoms with Crippen LogP contribution in [0.2, 0.25) is 5.02 Å². The van der Waals surface area contributed by atoms with Crippen molar-refractivity contribution in [3.63, 3.8) is 0 Å². The van der Waals surface area contributed by atoms with Crippen molar-refractivity contribution < 1.29 is 9.59 Å². The predicted octanol–water partition coefficient (Wildman–Crippen LogP) is 4.73. The van der Waals surface area contributed by atoms with Gasteiger partial charge in [-0.2, -0.15) is 5.01 Å². The molecule has 0 atom stereocenters. The maximum atomic E-state index is 12.7. The maximum absolute atomic E-state index is 12.7. The van der Waals surface area contributed by atoms with Crippen LogP contribution >= 0.6 is 35.6 Å². The van der Waals surface area contributed by atoms with Gasteiger partial charge < -0.3 is 4.90 Å². The number of hydrogen-bond donors (Lipinski definition) is 1. The summed E-state index contributed by atoms with van der Waals surface area (Å²) in [6.07, 6.45) is 1.78. The first kappa shape index (κ1) is 21.4. The summed E-state index contributed by atoms with van der Waals surface area (Å²) < 4.78 is 0.281. The van der Waals surface area contributed by atoms with Crippen LogP contribution in [0.25, 0.3) is 6.08 Å². The molecule has 3 rings (SSSR count). The Kier molecular flexibility index (Phi) is 6.95. The molecule has 2 amide bonds. The molecule has 1 saturated heterocycles. The number of thiocarbonyl (C=S) groups is 1. The quantitative estimate of drug-likeness (QED) is 0.514. The van der Waals surface area contributed by atoms with Crippen LogP contribution in [-0.2, 0) is 4.79 Å². The van der Waals surface area contributed by atoms with Crippen LogP contribution in [0.1, 0.15) is 29.8 Å². The number of carbonyl (C=O) groups excluding carboxylic acids is 2. The van der Waals surface area contributed by atoms with E-state index in [1.54, 1.807) is 30.3 Å². The predicted molar refractivity (Wildman–Crippen MR) is 124 cm³/mol. The number of carbonyl (C=O) groups is 2. The van der Waals surface area contributed by atoms with Crippen LogP contribution in [0.5, 0.6) is 0 Å². The highest BCUT2D eigenvalue weighted by Gasteiger charge is 2.33. The van der Waals surface area contributed by atoms with E-state index < -0.39 is 5.91 Å². The zero-order valence-corrected chi connectivity index (χ0v) is 18.4. The molecule has 0 aromatic heterocycles. The highest BCUT2D eigenvalue weighted by molar-refractivity contribution is 8.26. The minimum absolute atomic E-state index is 0.281. The van der Waals surface area contributed by atoms with Crippen molar-refractivity contribution >= 4 is 63.5 Å². The summed E-state index contributed by atoms with van der Waals surface area (Å²) in [7, 11) is 0. The Morgan fingerprint density at radius 3 is 2.34 bits per heavy atom. The Balaban J connectivity index is 1.72. The molecule has 8 heteroatoms. The molecule has 1 aliphatic heterocycles. The molecule has 2 aromatic rings. The van der Waals surface area contributed by atoms with E-state index in [-0.39, 0.29) is 10.2 Å². The summed E-state index contributed by atoms with van der Waals surface area (Å²) in [6, 6.07) is 14.4. The van der Waals surface area contributed by atoms with Gasteiger partial charge in [0.1, 0.15) is 0 Å². The summed E-state index contributed by atoms with van der Waals surface area (Å²) in [4.78, 5) is 27.8. The number of hydrogen-bond acceptors (Lipinski definition) is 5. The van der Waals surface area contributed by atoms with Crippen molar-refractivity contribution in [3.8, 4) is 0 Å². The second-order valence-corrected chi connectivity index (χ2v) is 8.34. The summed E-state index contributed by atoms with van der Waals surface area (Å²) in [5, 5.41) is 1.63. The molecule has 1 fully saturated rings. The highest BCUT2D eigenvalue weighted by Crippen LogP contribution is 2.31. The minimum atomic E-state index is -0.428. The van der Waals surface area contributed by atoms with Gasteiger partial charge in [-0.15, -0.1) is 0 Å². The summed E-state index contributed by atoms with van der Waals surface area (Å²) >= 11 is 12.3. The number of thioether (sulfide) groups is 1. The molecule has 0 bridgehead atoms. The second-order valence-electron chi connectivity index (χ2n) is 6.23. The summed E-state index contributed by atoms with van der Waals surface area (Å²) in [5.74, 6) is -0.780. The standard InChI is InChI=1S/C21H20ClN3O2S2/c1-3-24(4-2)17-11-5-14(6-12-17)13-18-20(27)25(21(28)29-18)23-19(26)15-7-9-16(22)10-8-15/h5-13H,3-4H2,1-2H3,(H,23,26). The highest BCUT2D eigenvalue weighted by atomic mass is 35.5. The molecule has 0 spiro atoms. The van der Waals surface area contributed by atoms with Gasteiger partial charge in [0.05, 0.1) is 4.91 Å². The van der Waals surface area contributed by atoms with Gasteiger partial charge in [0, 0.05) is 29.4 Å². The van der Waals surface area contributed by atoms with Crippen molar-refractivity contribution in [2.75, 3.05) is 18.0 Å². The Labute approximate surface area is 184 Å². The number of hydrazine groups is 1. The average Bonchev–Trinajstić information content (AvgIpc) is 2.98. The molecule has 0 saturated carbocycles. The first-order valence-corrected chi connectivity index (χ1v) is 10.7. The largest absolute Gasteiger partial charge is 0.372 e. The fourth-order valence-corrected chi connectivity index (χ4v) is 4.16. The third kappa shape index (κ3) is 4.98. The molecule has 150 valence electrons. The van der Waals surface area contributed by atoms with Gasteiger partial charge in [0.25, 0.3) is 11.8 Å². The van der Waals surface area contributed by atoms with E-state index in [1.807, 2.05) is 24.3 Å². The van der Waals surface area contributed by atoms with Crippen LogP contribution < -0.4 is 10.3 Å². The molecule has 0 unspecified atom stereocenters. The molecule has 1 N–H and O–H groups in total. The lowest BCUT2D eigenvalue weighted by Crippen LogP contribution is -2.44. The Bertz CT molecular complexity index is 955. The first-order chi connectivity index (χ1) is 13.9.